The van der Waals surface area contributed by atoms with Crippen LogP contribution in [0.15, 0.2) is 48.4 Å². The molecule has 1 aliphatic rings. The molecule has 0 fully saturated rings. The van der Waals surface area contributed by atoms with Crippen LogP contribution in [0.4, 0.5) is 5.82 Å². The van der Waals surface area contributed by atoms with Crippen molar-refractivity contribution in [1.82, 2.24) is 14.5 Å². The second-order valence-electron chi connectivity index (χ2n) is 7.40. The van der Waals surface area contributed by atoms with Crippen LogP contribution in [0, 0.1) is 0 Å². The monoisotopic (exact) mass is 366 g/mol. The number of nitrogens with zero attached hydrogens (tertiary/aromatic N) is 3. The standard InChI is InChI=1S/C20H19ClN4O/c1-20(2,3)25-10-15(12-6-8-14(21)9-7-12)16-17(22-11-23-18(16)25)24-19(26)13-4-5-13/h4,6-11H,5H2,1-3H3,(H,22,23,24,26). The zero-order valence-electron chi connectivity index (χ0n) is 14.9. The summed E-state index contributed by atoms with van der Waals surface area (Å²) < 4.78 is 2.11. The third kappa shape index (κ3) is 2.99. The van der Waals surface area contributed by atoms with Crippen molar-refractivity contribution in [3.8, 4) is 11.1 Å². The van der Waals surface area contributed by atoms with Gasteiger partial charge in [0.15, 0.2) is 0 Å². The quantitative estimate of drug-likeness (QED) is 0.726. The van der Waals surface area contributed by atoms with Crippen molar-refractivity contribution in [2.45, 2.75) is 32.7 Å². The predicted octanol–water partition coefficient (Wildman–Crippen LogP) is 4.78. The maximum absolute atomic E-state index is 12.3. The fraction of sp³-hybridized carbons (Fsp3) is 0.250. The number of hydrogen-bond donors (Lipinski definition) is 1. The van der Waals surface area contributed by atoms with Crippen LogP contribution >= 0.6 is 11.6 Å². The molecule has 5 nitrogen and oxygen atoms in total. The van der Waals surface area contributed by atoms with E-state index in [0.717, 1.165) is 34.2 Å². The SMILES string of the molecule is CC(C)(C)n1cc(-c2ccc(Cl)cc2)c2c(NC(=O)C3=CC3)ncnc21. The van der Waals surface area contributed by atoms with Gasteiger partial charge in [0.2, 0.25) is 0 Å². The van der Waals surface area contributed by atoms with Crippen LogP contribution < -0.4 is 5.32 Å². The number of benzene rings is 1. The lowest BCUT2D eigenvalue weighted by Crippen LogP contribution is -2.21. The van der Waals surface area contributed by atoms with Crippen molar-refractivity contribution < 1.29 is 4.79 Å². The van der Waals surface area contributed by atoms with Crippen molar-refractivity contribution in [2.24, 2.45) is 0 Å². The van der Waals surface area contributed by atoms with E-state index in [2.05, 4.69) is 46.8 Å². The van der Waals surface area contributed by atoms with Gasteiger partial charge in [-0.25, -0.2) is 9.97 Å². The molecule has 0 atom stereocenters. The van der Waals surface area contributed by atoms with E-state index in [1.165, 1.54) is 6.33 Å². The van der Waals surface area contributed by atoms with Crippen molar-refractivity contribution in [1.29, 1.82) is 0 Å². The Hall–Kier alpha value is -2.66. The minimum absolute atomic E-state index is 0.101. The van der Waals surface area contributed by atoms with E-state index in [4.69, 9.17) is 11.6 Å². The lowest BCUT2D eigenvalue weighted by Gasteiger charge is -2.21. The molecule has 0 aliphatic heterocycles. The van der Waals surface area contributed by atoms with Crippen molar-refractivity contribution >= 4 is 34.4 Å². The summed E-state index contributed by atoms with van der Waals surface area (Å²) in [7, 11) is 0. The lowest BCUT2D eigenvalue weighted by molar-refractivity contribution is -0.112. The van der Waals surface area contributed by atoms with Gasteiger partial charge in [0, 0.05) is 27.9 Å². The van der Waals surface area contributed by atoms with E-state index in [1.807, 2.05) is 30.3 Å². The van der Waals surface area contributed by atoms with Crippen LogP contribution in [0.25, 0.3) is 22.2 Å². The highest BCUT2D eigenvalue weighted by Crippen LogP contribution is 2.37. The highest BCUT2D eigenvalue weighted by Gasteiger charge is 2.24. The summed E-state index contributed by atoms with van der Waals surface area (Å²) in [5.74, 6) is 0.427. The molecule has 1 aliphatic carbocycles. The van der Waals surface area contributed by atoms with Crippen LogP contribution in [0.3, 0.4) is 0 Å². The number of allylic oxidation sites excluding steroid dienone is 1. The van der Waals surface area contributed by atoms with Crippen LogP contribution in [0.5, 0.6) is 0 Å². The Balaban J connectivity index is 1.95. The van der Waals surface area contributed by atoms with Gasteiger partial charge < -0.3 is 9.88 Å². The summed E-state index contributed by atoms with van der Waals surface area (Å²) in [6.45, 7) is 6.36. The molecule has 1 aromatic carbocycles. The average Bonchev–Trinajstić information content (AvgIpc) is 3.35. The molecule has 6 heteroatoms. The fourth-order valence-corrected chi connectivity index (χ4v) is 3.07. The molecule has 3 aromatic rings. The zero-order valence-corrected chi connectivity index (χ0v) is 15.6. The molecule has 132 valence electrons. The Morgan fingerprint density at radius 2 is 1.88 bits per heavy atom. The normalized spacial score (nSPS) is 13.6. The van der Waals surface area contributed by atoms with Crippen LogP contribution in [0.2, 0.25) is 5.02 Å². The van der Waals surface area contributed by atoms with Crippen LogP contribution in [-0.2, 0) is 10.3 Å². The average molecular weight is 367 g/mol. The van der Waals surface area contributed by atoms with Gasteiger partial charge in [-0.15, -0.1) is 0 Å². The molecular weight excluding hydrogens is 348 g/mol. The molecule has 0 radical (unpaired) electrons. The first-order valence-electron chi connectivity index (χ1n) is 8.47. The second kappa shape index (κ2) is 5.95. The van der Waals surface area contributed by atoms with Gasteiger partial charge in [0.05, 0.1) is 5.39 Å². The Kier molecular flexibility index (Phi) is 3.84. The summed E-state index contributed by atoms with van der Waals surface area (Å²) in [5.41, 5.74) is 3.38. The number of hydrogen-bond acceptors (Lipinski definition) is 3. The Morgan fingerprint density at radius 1 is 1.19 bits per heavy atom. The van der Waals surface area contributed by atoms with Gasteiger partial charge >= 0.3 is 0 Å². The fourth-order valence-electron chi connectivity index (χ4n) is 2.94. The van der Waals surface area contributed by atoms with Gasteiger partial charge in [0.25, 0.3) is 5.91 Å². The number of aromatic nitrogens is 3. The van der Waals surface area contributed by atoms with Gasteiger partial charge in [-0.2, -0.15) is 0 Å². The number of halogens is 1. The first-order chi connectivity index (χ1) is 12.3. The number of carbonyl (C=O) groups excluding carboxylic acids is 1. The Bertz CT molecular complexity index is 1040. The van der Waals surface area contributed by atoms with Crippen molar-refractivity contribution in [3.63, 3.8) is 0 Å². The largest absolute Gasteiger partial charge is 0.326 e. The minimum atomic E-state index is -0.169. The molecule has 0 bridgehead atoms. The molecular formula is C20H19ClN4O. The lowest BCUT2D eigenvalue weighted by atomic mass is 10.1. The van der Waals surface area contributed by atoms with E-state index < -0.39 is 0 Å². The molecule has 0 saturated heterocycles. The molecule has 2 heterocycles. The van der Waals surface area contributed by atoms with Crippen LogP contribution in [0.1, 0.15) is 27.2 Å². The number of anilines is 1. The molecule has 0 spiro atoms. The summed E-state index contributed by atoms with van der Waals surface area (Å²) in [6.07, 6.45) is 6.20. The third-order valence-electron chi connectivity index (χ3n) is 4.39. The van der Waals surface area contributed by atoms with Gasteiger partial charge in [-0.1, -0.05) is 29.8 Å². The number of carbonyl (C=O) groups is 1. The van der Waals surface area contributed by atoms with E-state index >= 15 is 0 Å². The summed E-state index contributed by atoms with van der Waals surface area (Å²) >= 11 is 6.04. The highest BCUT2D eigenvalue weighted by molar-refractivity contribution is 6.30. The van der Waals surface area contributed by atoms with Crippen molar-refractivity contribution in [3.05, 3.63) is 53.5 Å². The number of amides is 1. The van der Waals surface area contributed by atoms with E-state index in [-0.39, 0.29) is 11.4 Å². The number of rotatable bonds is 3. The topological polar surface area (TPSA) is 59.8 Å². The first-order valence-corrected chi connectivity index (χ1v) is 8.85. The van der Waals surface area contributed by atoms with Crippen LogP contribution in [-0.4, -0.2) is 20.4 Å². The predicted molar refractivity (Wildman–Crippen MR) is 104 cm³/mol. The molecule has 0 saturated carbocycles. The number of fused-ring (bicyclic) bond motifs is 1. The summed E-state index contributed by atoms with van der Waals surface area (Å²) in [4.78, 5) is 21.1. The van der Waals surface area contributed by atoms with E-state index in [1.54, 1.807) is 0 Å². The molecule has 4 rings (SSSR count). The van der Waals surface area contributed by atoms with E-state index in [0.29, 0.717) is 10.8 Å². The minimum Gasteiger partial charge on any atom is -0.326 e. The number of nitrogens with one attached hydrogen (secondary N) is 1. The van der Waals surface area contributed by atoms with E-state index in [9.17, 15) is 4.79 Å². The van der Waals surface area contributed by atoms with Gasteiger partial charge in [-0.05, 0) is 44.9 Å². The Labute approximate surface area is 156 Å². The molecule has 1 N–H and O–H groups in total. The van der Waals surface area contributed by atoms with Gasteiger partial charge in [-0.3, -0.25) is 4.79 Å². The molecule has 0 unspecified atom stereocenters. The second-order valence-corrected chi connectivity index (χ2v) is 7.84. The maximum atomic E-state index is 12.3. The zero-order chi connectivity index (χ0) is 18.5. The molecule has 1 amide bonds. The smallest absolute Gasteiger partial charge is 0.252 e. The van der Waals surface area contributed by atoms with Crippen molar-refractivity contribution in [2.75, 3.05) is 5.32 Å². The Morgan fingerprint density at radius 3 is 2.50 bits per heavy atom. The maximum Gasteiger partial charge on any atom is 0.252 e. The first kappa shape index (κ1) is 16.8. The summed E-state index contributed by atoms with van der Waals surface area (Å²) in [6, 6.07) is 7.64. The summed E-state index contributed by atoms with van der Waals surface area (Å²) in [5, 5.41) is 4.45. The third-order valence-corrected chi connectivity index (χ3v) is 4.64. The highest BCUT2D eigenvalue weighted by atomic mass is 35.5. The molecule has 26 heavy (non-hydrogen) atoms. The van der Waals surface area contributed by atoms with Gasteiger partial charge in [0.1, 0.15) is 17.8 Å². The molecule has 2 aromatic heterocycles.